The highest BCUT2D eigenvalue weighted by Crippen LogP contribution is 2.41. The minimum absolute atomic E-state index is 0.577. The third-order valence-electron chi connectivity index (χ3n) is 4.49. The normalized spacial score (nSPS) is 27.4. The fourth-order valence-electron chi connectivity index (χ4n) is 3.14. The Bertz CT molecular complexity index is 457. The first-order chi connectivity index (χ1) is 8.97. The molecule has 0 aromatic carbocycles. The largest absolute Gasteiger partial charge is 0.481 e. The van der Waals surface area contributed by atoms with Crippen LogP contribution in [-0.2, 0) is 17.8 Å². The Labute approximate surface area is 114 Å². The van der Waals surface area contributed by atoms with E-state index in [2.05, 4.69) is 12.0 Å². The number of aliphatic carboxylic acids is 1. The number of rotatable bonds is 4. The van der Waals surface area contributed by atoms with E-state index in [9.17, 15) is 9.90 Å². The van der Waals surface area contributed by atoms with Crippen LogP contribution in [0.5, 0.6) is 0 Å². The Balaban J connectivity index is 2.23. The SMILES string of the molecule is CCn1nc(C)cc1CC1(C(=O)O)CCC(C)CC1. The lowest BCUT2D eigenvalue weighted by Crippen LogP contribution is -2.37. The fourth-order valence-corrected chi connectivity index (χ4v) is 3.14. The van der Waals surface area contributed by atoms with Crippen molar-refractivity contribution in [1.82, 2.24) is 9.78 Å². The molecule has 0 saturated heterocycles. The highest BCUT2D eigenvalue weighted by atomic mass is 16.4. The number of carboxylic acid groups (broad SMARTS) is 1. The zero-order valence-corrected chi connectivity index (χ0v) is 12.1. The van der Waals surface area contributed by atoms with Crippen molar-refractivity contribution in [2.75, 3.05) is 0 Å². The maximum Gasteiger partial charge on any atom is 0.310 e. The van der Waals surface area contributed by atoms with Gasteiger partial charge in [-0.25, -0.2) is 0 Å². The summed E-state index contributed by atoms with van der Waals surface area (Å²) < 4.78 is 1.94. The molecule has 1 aromatic rings. The van der Waals surface area contributed by atoms with Gasteiger partial charge in [-0.3, -0.25) is 9.48 Å². The average Bonchev–Trinajstić information content (AvgIpc) is 2.72. The zero-order chi connectivity index (χ0) is 14.0. The summed E-state index contributed by atoms with van der Waals surface area (Å²) in [7, 11) is 0. The van der Waals surface area contributed by atoms with E-state index in [-0.39, 0.29) is 0 Å². The molecule has 0 atom stereocenters. The van der Waals surface area contributed by atoms with Gasteiger partial charge in [0.25, 0.3) is 0 Å². The lowest BCUT2D eigenvalue weighted by Gasteiger charge is -2.35. The second-order valence-corrected chi connectivity index (χ2v) is 6.04. The van der Waals surface area contributed by atoms with E-state index in [0.29, 0.717) is 12.3 Å². The number of carbonyl (C=O) groups is 1. The molecule has 0 amide bonds. The van der Waals surface area contributed by atoms with Crippen molar-refractivity contribution >= 4 is 5.97 Å². The van der Waals surface area contributed by atoms with Crippen LogP contribution in [0.25, 0.3) is 0 Å². The maximum atomic E-state index is 11.8. The van der Waals surface area contributed by atoms with Gasteiger partial charge in [-0.1, -0.05) is 6.92 Å². The van der Waals surface area contributed by atoms with E-state index < -0.39 is 11.4 Å². The van der Waals surface area contributed by atoms with Crippen LogP contribution in [-0.4, -0.2) is 20.9 Å². The van der Waals surface area contributed by atoms with Crippen molar-refractivity contribution in [2.45, 2.75) is 59.4 Å². The average molecular weight is 264 g/mol. The van der Waals surface area contributed by atoms with E-state index in [1.807, 2.05) is 24.6 Å². The summed E-state index contributed by atoms with van der Waals surface area (Å²) in [4.78, 5) is 11.8. The lowest BCUT2D eigenvalue weighted by molar-refractivity contribution is -0.151. The molecular weight excluding hydrogens is 240 g/mol. The third-order valence-corrected chi connectivity index (χ3v) is 4.49. The molecule has 0 spiro atoms. The topological polar surface area (TPSA) is 55.1 Å². The predicted octanol–water partition coefficient (Wildman–Crippen LogP) is 3.04. The summed E-state index contributed by atoms with van der Waals surface area (Å²) in [5.74, 6) is 0.0196. The van der Waals surface area contributed by atoms with Gasteiger partial charge >= 0.3 is 5.97 Å². The van der Waals surface area contributed by atoms with Crippen molar-refractivity contribution in [1.29, 1.82) is 0 Å². The molecule has 19 heavy (non-hydrogen) atoms. The summed E-state index contributed by atoms with van der Waals surface area (Å²) in [6.07, 6.45) is 4.23. The molecule has 1 fully saturated rings. The molecule has 1 heterocycles. The van der Waals surface area contributed by atoms with Gasteiger partial charge < -0.3 is 5.11 Å². The van der Waals surface area contributed by atoms with E-state index in [4.69, 9.17) is 0 Å². The standard InChI is InChI=1S/C15H24N2O2/c1-4-17-13(9-12(3)16-17)10-15(14(18)19)7-5-11(2)6-8-15/h9,11H,4-8,10H2,1-3H3,(H,18,19). The summed E-state index contributed by atoms with van der Waals surface area (Å²) >= 11 is 0. The first-order valence-electron chi connectivity index (χ1n) is 7.23. The maximum absolute atomic E-state index is 11.8. The van der Waals surface area contributed by atoms with Gasteiger partial charge in [0.2, 0.25) is 0 Å². The van der Waals surface area contributed by atoms with Crippen molar-refractivity contribution in [2.24, 2.45) is 11.3 Å². The van der Waals surface area contributed by atoms with Crippen LogP contribution in [0.4, 0.5) is 0 Å². The van der Waals surface area contributed by atoms with Crippen LogP contribution in [0.15, 0.2) is 6.07 Å². The molecule has 0 radical (unpaired) electrons. The first kappa shape index (κ1) is 14.1. The highest BCUT2D eigenvalue weighted by Gasteiger charge is 2.41. The van der Waals surface area contributed by atoms with Crippen LogP contribution in [0, 0.1) is 18.3 Å². The predicted molar refractivity (Wildman–Crippen MR) is 74.0 cm³/mol. The molecule has 2 rings (SSSR count). The molecule has 106 valence electrons. The summed E-state index contributed by atoms with van der Waals surface area (Å²) in [6, 6.07) is 2.03. The monoisotopic (exact) mass is 264 g/mol. The molecule has 4 nitrogen and oxygen atoms in total. The molecule has 1 aromatic heterocycles. The van der Waals surface area contributed by atoms with Gasteiger partial charge in [-0.15, -0.1) is 0 Å². The molecule has 1 saturated carbocycles. The fraction of sp³-hybridized carbons (Fsp3) is 0.733. The number of hydrogen-bond donors (Lipinski definition) is 1. The zero-order valence-electron chi connectivity index (χ0n) is 12.1. The Morgan fingerprint density at radius 3 is 2.68 bits per heavy atom. The van der Waals surface area contributed by atoms with Crippen LogP contribution >= 0.6 is 0 Å². The molecule has 1 N–H and O–H groups in total. The minimum Gasteiger partial charge on any atom is -0.481 e. The van der Waals surface area contributed by atoms with Gasteiger partial charge in [-0.2, -0.15) is 5.10 Å². The number of carboxylic acids is 1. The molecule has 4 heteroatoms. The van der Waals surface area contributed by atoms with Crippen LogP contribution in [0.2, 0.25) is 0 Å². The first-order valence-corrected chi connectivity index (χ1v) is 7.23. The lowest BCUT2D eigenvalue weighted by atomic mass is 9.68. The van der Waals surface area contributed by atoms with Gasteiger partial charge in [0.05, 0.1) is 11.1 Å². The molecule has 0 bridgehead atoms. The number of nitrogens with zero attached hydrogens (tertiary/aromatic N) is 2. The van der Waals surface area contributed by atoms with Crippen molar-refractivity contribution in [3.63, 3.8) is 0 Å². The Morgan fingerprint density at radius 2 is 2.16 bits per heavy atom. The second kappa shape index (κ2) is 5.35. The molecular formula is C15H24N2O2. The summed E-state index contributed by atoms with van der Waals surface area (Å²) in [6.45, 7) is 7.03. The van der Waals surface area contributed by atoms with E-state index in [1.165, 1.54) is 0 Å². The third kappa shape index (κ3) is 2.82. The molecule has 1 aliphatic rings. The molecule has 1 aliphatic carbocycles. The Kier molecular flexibility index (Phi) is 3.97. The van der Waals surface area contributed by atoms with Gasteiger partial charge in [0.15, 0.2) is 0 Å². The number of hydrogen-bond acceptors (Lipinski definition) is 2. The number of aromatic nitrogens is 2. The highest BCUT2D eigenvalue weighted by molar-refractivity contribution is 5.75. The second-order valence-electron chi connectivity index (χ2n) is 6.04. The summed E-state index contributed by atoms with van der Waals surface area (Å²) in [5, 5.41) is 14.1. The van der Waals surface area contributed by atoms with Gasteiger partial charge in [0.1, 0.15) is 0 Å². The quantitative estimate of drug-likeness (QED) is 0.909. The smallest absolute Gasteiger partial charge is 0.310 e. The summed E-state index contributed by atoms with van der Waals surface area (Å²) in [5.41, 5.74) is 1.46. The van der Waals surface area contributed by atoms with Gasteiger partial charge in [0, 0.05) is 18.7 Å². The Morgan fingerprint density at radius 1 is 1.53 bits per heavy atom. The minimum atomic E-state index is -0.638. The Hall–Kier alpha value is -1.32. The van der Waals surface area contributed by atoms with Crippen LogP contribution < -0.4 is 0 Å². The van der Waals surface area contributed by atoms with E-state index in [1.54, 1.807) is 0 Å². The van der Waals surface area contributed by atoms with E-state index in [0.717, 1.165) is 43.6 Å². The van der Waals surface area contributed by atoms with Crippen molar-refractivity contribution in [3.8, 4) is 0 Å². The van der Waals surface area contributed by atoms with Crippen LogP contribution in [0.1, 0.15) is 50.9 Å². The number of aryl methyl sites for hydroxylation is 2. The molecule has 0 aliphatic heterocycles. The van der Waals surface area contributed by atoms with E-state index >= 15 is 0 Å². The van der Waals surface area contributed by atoms with Crippen LogP contribution in [0.3, 0.4) is 0 Å². The van der Waals surface area contributed by atoms with Crippen molar-refractivity contribution in [3.05, 3.63) is 17.5 Å². The molecule has 0 unspecified atom stereocenters. The van der Waals surface area contributed by atoms with Gasteiger partial charge in [-0.05, 0) is 51.5 Å². The van der Waals surface area contributed by atoms with Crippen molar-refractivity contribution < 1.29 is 9.90 Å².